The van der Waals surface area contributed by atoms with E-state index in [1.165, 1.54) is 5.56 Å². The van der Waals surface area contributed by atoms with E-state index in [-0.39, 0.29) is 11.9 Å². The van der Waals surface area contributed by atoms with Crippen LogP contribution in [0.3, 0.4) is 0 Å². The highest BCUT2D eigenvalue weighted by Gasteiger charge is 2.35. The van der Waals surface area contributed by atoms with Gasteiger partial charge < -0.3 is 15.2 Å². The van der Waals surface area contributed by atoms with Crippen LogP contribution in [0, 0.1) is 5.92 Å². The summed E-state index contributed by atoms with van der Waals surface area (Å²) < 4.78 is 5.05. The molecule has 116 valence electrons. The third-order valence-electron chi connectivity index (χ3n) is 4.16. The second kappa shape index (κ2) is 7.57. The molecule has 0 heterocycles. The van der Waals surface area contributed by atoms with Gasteiger partial charge in [0.25, 0.3) is 0 Å². The minimum Gasteiger partial charge on any atom is -0.466 e. The van der Waals surface area contributed by atoms with E-state index in [9.17, 15) is 9.90 Å². The Bertz CT molecular complexity index is 439. The number of benzene rings is 1. The van der Waals surface area contributed by atoms with Crippen molar-refractivity contribution in [3.05, 3.63) is 35.9 Å². The van der Waals surface area contributed by atoms with Crippen LogP contribution < -0.4 is 5.32 Å². The van der Waals surface area contributed by atoms with Gasteiger partial charge in [0.2, 0.25) is 0 Å². The summed E-state index contributed by atoms with van der Waals surface area (Å²) in [6.45, 7) is 3.57. The molecule has 0 radical (unpaired) electrons. The van der Waals surface area contributed by atoms with Gasteiger partial charge in [0.05, 0.1) is 18.1 Å². The molecule has 4 heteroatoms. The van der Waals surface area contributed by atoms with Crippen LogP contribution in [0.5, 0.6) is 0 Å². The Kier molecular flexibility index (Phi) is 5.76. The van der Waals surface area contributed by atoms with Crippen molar-refractivity contribution in [2.75, 3.05) is 13.2 Å². The van der Waals surface area contributed by atoms with Gasteiger partial charge in [-0.3, -0.25) is 4.79 Å². The van der Waals surface area contributed by atoms with Crippen LogP contribution in [-0.2, 0) is 16.1 Å². The number of nitrogens with one attached hydrogen (secondary N) is 1. The largest absolute Gasteiger partial charge is 0.466 e. The Morgan fingerprint density at radius 3 is 2.62 bits per heavy atom. The van der Waals surface area contributed by atoms with Crippen molar-refractivity contribution >= 4 is 5.97 Å². The molecular weight excluding hydrogens is 266 g/mol. The molecule has 0 atom stereocenters. The number of ether oxygens (including phenoxy) is 1. The van der Waals surface area contributed by atoms with E-state index < -0.39 is 5.60 Å². The highest BCUT2D eigenvalue weighted by Crippen LogP contribution is 2.32. The van der Waals surface area contributed by atoms with Crippen LogP contribution in [0.4, 0.5) is 0 Å². The molecule has 0 aliphatic heterocycles. The molecule has 0 saturated heterocycles. The Labute approximate surface area is 126 Å². The first kappa shape index (κ1) is 16.0. The third-order valence-corrected chi connectivity index (χ3v) is 4.16. The Hall–Kier alpha value is -1.39. The van der Waals surface area contributed by atoms with Crippen LogP contribution in [0.1, 0.15) is 38.2 Å². The Morgan fingerprint density at radius 2 is 2.00 bits per heavy atom. The van der Waals surface area contributed by atoms with Gasteiger partial charge in [0.1, 0.15) is 0 Å². The number of esters is 1. The minimum absolute atomic E-state index is 0.0423. The van der Waals surface area contributed by atoms with E-state index in [2.05, 4.69) is 17.4 Å². The van der Waals surface area contributed by atoms with Crippen molar-refractivity contribution in [1.82, 2.24) is 5.32 Å². The maximum Gasteiger partial charge on any atom is 0.308 e. The number of rotatable bonds is 6. The number of carbonyl (C=O) groups is 1. The maximum atomic E-state index is 11.7. The molecule has 1 aromatic rings. The SMILES string of the molecule is CCOC(=O)C1CCC(O)(CNCc2ccccc2)CC1. The van der Waals surface area contributed by atoms with Gasteiger partial charge in [-0.1, -0.05) is 30.3 Å². The van der Waals surface area contributed by atoms with Crippen molar-refractivity contribution in [2.24, 2.45) is 5.92 Å². The zero-order valence-electron chi connectivity index (χ0n) is 12.7. The molecule has 1 saturated carbocycles. The van der Waals surface area contributed by atoms with E-state index in [1.54, 1.807) is 0 Å². The summed E-state index contributed by atoms with van der Waals surface area (Å²) >= 11 is 0. The van der Waals surface area contributed by atoms with E-state index in [0.29, 0.717) is 38.8 Å². The number of hydrogen-bond acceptors (Lipinski definition) is 4. The van der Waals surface area contributed by atoms with Crippen LogP contribution in [0.25, 0.3) is 0 Å². The first-order chi connectivity index (χ1) is 10.1. The minimum atomic E-state index is -0.697. The molecule has 0 spiro atoms. The van der Waals surface area contributed by atoms with Gasteiger partial charge in [0, 0.05) is 13.1 Å². The summed E-state index contributed by atoms with van der Waals surface area (Å²) in [7, 11) is 0. The lowest BCUT2D eigenvalue weighted by atomic mass is 9.78. The molecule has 0 amide bonds. The smallest absolute Gasteiger partial charge is 0.308 e. The van der Waals surface area contributed by atoms with E-state index in [1.807, 2.05) is 25.1 Å². The van der Waals surface area contributed by atoms with Crippen LogP contribution in [-0.4, -0.2) is 29.8 Å². The molecule has 1 aromatic carbocycles. The fraction of sp³-hybridized carbons (Fsp3) is 0.588. The highest BCUT2D eigenvalue weighted by molar-refractivity contribution is 5.72. The standard InChI is InChI=1S/C17H25NO3/c1-2-21-16(19)15-8-10-17(20,11-9-15)13-18-12-14-6-4-3-5-7-14/h3-7,15,18,20H,2,8-13H2,1H3. The molecule has 0 aromatic heterocycles. The van der Waals surface area contributed by atoms with Gasteiger partial charge in [-0.2, -0.15) is 0 Å². The van der Waals surface area contributed by atoms with Crippen LogP contribution in [0.15, 0.2) is 30.3 Å². The lowest BCUT2D eigenvalue weighted by molar-refractivity contribution is -0.151. The zero-order chi connectivity index (χ0) is 15.1. The fourth-order valence-corrected chi connectivity index (χ4v) is 2.86. The number of hydrogen-bond donors (Lipinski definition) is 2. The quantitative estimate of drug-likeness (QED) is 0.789. The number of aliphatic hydroxyl groups is 1. The van der Waals surface area contributed by atoms with E-state index in [4.69, 9.17) is 4.74 Å². The summed E-state index contributed by atoms with van der Waals surface area (Å²) in [6.07, 6.45) is 2.72. The van der Waals surface area contributed by atoms with Crippen molar-refractivity contribution in [3.8, 4) is 0 Å². The van der Waals surface area contributed by atoms with E-state index >= 15 is 0 Å². The molecule has 4 nitrogen and oxygen atoms in total. The first-order valence-electron chi connectivity index (χ1n) is 7.76. The molecule has 1 fully saturated rings. The molecule has 1 aliphatic carbocycles. The number of carbonyl (C=O) groups excluding carboxylic acids is 1. The van der Waals surface area contributed by atoms with Crippen molar-refractivity contribution in [2.45, 2.75) is 44.8 Å². The van der Waals surface area contributed by atoms with Gasteiger partial charge >= 0.3 is 5.97 Å². The zero-order valence-corrected chi connectivity index (χ0v) is 12.7. The van der Waals surface area contributed by atoms with Crippen molar-refractivity contribution in [1.29, 1.82) is 0 Å². The molecule has 21 heavy (non-hydrogen) atoms. The normalized spacial score (nSPS) is 25.5. The van der Waals surface area contributed by atoms with Gasteiger partial charge in [-0.25, -0.2) is 0 Å². The lowest BCUT2D eigenvalue weighted by Gasteiger charge is -2.35. The predicted molar refractivity (Wildman–Crippen MR) is 81.7 cm³/mol. The van der Waals surface area contributed by atoms with Crippen LogP contribution >= 0.6 is 0 Å². The summed E-state index contributed by atoms with van der Waals surface area (Å²) in [6, 6.07) is 10.1. The summed E-state index contributed by atoms with van der Waals surface area (Å²) in [5.74, 6) is -0.156. The highest BCUT2D eigenvalue weighted by atomic mass is 16.5. The maximum absolute atomic E-state index is 11.7. The Morgan fingerprint density at radius 1 is 1.33 bits per heavy atom. The average Bonchev–Trinajstić information content (AvgIpc) is 2.49. The van der Waals surface area contributed by atoms with E-state index in [0.717, 1.165) is 6.54 Å². The summed E-state index contributed by atoms with van der Waals surface area (Å²) in [5.41, 5.74) is 0.513. The predicted octanol–water partition coefficient (Wildman–Crippen LogP) is 2.26. The molecule has 2 N–H and O–H groups in total. The Balaban J connectivity index is 1.73. The molecule has 1 aliphatic rings. The summed E-state index contributed by atoms with van der Waals surface area (Å²) in [4.78, 5) is 11.7. The van der Waals surface area contributed by atoms with Crippen molar-refractivity contribution < 1.29 is 14.6 Å². The van der Waals surface area contributed by atoms with Gasteiger partial charge in [-0.15, -0.1) is 0 Å². The molecule has 0 bridgehead atoms. The first-order valence-corrected chi connectivity index (χ1v) is 7.76. The second-order valence-corrected chi connectivity index (χ2v) is 5.84. The molecular formula is C17H25NO3. The van der Waals surface area contributed by atoms with Gasteiger partial charge in [-0.05, 0) is 38.2 Å². The fourth-order valence-electron chi connectivity index (χ4n) is 2.86. The topological polar surface area (TPSA) is 58.6 Å². The van der Waals surface area contributed by atoms with Crippen molar-refractivity contribution in [3.63, 3.8) is 0 Å². The second-order valence-electron chi connectivity index (χ2n) is 5.84. The molecule has 0 unspecified atom stereocenters. The monoisotopic (exact) mass is 291 g/mol. The lowest BCUT2D eigenvalue weighted by Crippen LogP contribution is -2.44. The third kappa shape index (κ3) is 4.83. The van der Waals surface area contributed by atoms with Gasteiger partial charge in [0.15, 0.2) is 0 Å². The molecule has 2 rings (SSSR count). The summed E-state index contributed by atoms with van der Waals surface area (Å²) in [5, 5.41) is 13.9. The average molecular weight is 291 g/mol. The van der Waals surface area contributed by atoms with Crippen LogP contribution in [0.2, 0.25) is 0 Å².